The average Bonchev–Trinajstić information content (AvgIpc) is 2.34. The van der Waals surface area contributed by atoms with Crippen molar-refractivity contribution in [1.82, 2.24) is 0 Å². The van der Waals surface area contributed by atoms with E-state index in [1.54, 1.807) is 13.0 Å². The van der Waals surface area contributed by atoms with Gasteiger partial charge in [-0.1, -0.05) is 18.2 Å². The van der Waals surface area contributed by atoms with Crippen molar-refractivity contribution in [2.75, 3.05) is 6.61 Å². The lowest BCUT2D eigenvalue weighted by molar-refractivity contribution is 0.0631. The lowest BCUT2D eigenvalue weighted by Gasteiger charge is -2.16. The quantitative estimate of drug-likeness (QED) is 0.757. The zero-order valence-corrected chi connectivity index (χ0v) is 9.92. The molecule has 0 spiro atoms. The summed E-state index contributed by atoms with van der Waals surface area (Å²) in [6.45, 7) is 5.42. The molecule has 0 aliphatic heterocycles. The Hall–Kier alpha value is -2.14. The highest BCUT2D eigenvalue weighted by molar-refractivity contribution is 6.02. The van der Waals surface area contributed by atoms with E-state index < -0.39 is 18.0 Å². The highest BCUT2D eigenvalue weighted by Gasteiger charge is 2.22. The first-order chi connectivity index (χ1) is 8.49. The summed E-state index contributed by atoms with van der Waals surface area (Å²) in [7, 11) is 0. The van der Waals surface area contributed by atoms with Crippen LogP contribution in [-0.2, 0) is 4.74 Å². The predicted molar refractivity (Wildman–Crippen MR) is 64.9 cm³/mol. The summed E-state index contributed by atoms with van der Waals surface area (Å²) in [5.74, 6) is -2.55. The first-order valence-electron chi connectivity index (χ1n) is 5.31. The fourth-order valence-corrected chi connectivity index (χ4v) is 1.63. The molecule has 0 amide bonds. The number of hydrogen-bond acceptors (Lipinski definition) is 3. The lowest BCUT2D eigenvalue weighted by atomic mass is 9.97. The van der Waals surface area contributed by atoms with Crippen LogP contribution in [0.1, 0.15) is 39.3 Å². The van der Waals surface area contributed by atoms with Crippen molar-refractivity contribution in [3.05, 3.63) is 47.5 Å². The van der Waals surface area contributed by atoms with E-state index in [1.165, 1.54) is 18.2 Å². The maximum Gasteiger partial charge on any atom is 0.336 e. The maximum atomic E-state index is 11.2. The molecule has 5 nitrogen and oxygen atoms in total. The van der Waals surface area contributed by atoms with Gasteiger partial charge in [0.25, 0.3) is 0 Å². The van der Waals surface area contributed by atoms with Gasteiger partial charge in [-0.3, -0.25) is 0 Å². The van der Waals surface area contributed by atoms with E-state index in [0.717, 1.165) is 0 Å². The molecule has 0 aliphatic carbocycles. The molecule has 1 unspecified atom stereocenters. The van der Waals surface area contributed by atoms with Gasteiger partial charge in [0.1, 0.15) is 0 Å². The van der Waals surface area contributed by atoms with Gasteiger partial charge in [-0.15, -0.1) is 6.58 Å². The van der Waals surface area contributed by atoms with Crippen LogP contribution < -0.4 is 0 Å². The largest absolute Gasteiger partial charge is 0.478 e. The Morgan fingerprint density at radius 2 is 2.06 bits per heavy atom. The van der Waals surface area contributed by atoms with Crippen LogP contribution in [-0.4, -0.2) is 28.8 Å². The zero-order chi connectivity index (χ0) is 13.7. The molecule has 0 bridgehead atoms. The number of rotatable bonds is 6. The second-order valence-corrected chi connectivity index (χ2v) is 3.64. The van der Waals surface area contributed by atoms with E-state index in [2.05, 4.69) is 6.58 Å². The molecule has 0 saturated heterocycles. The summed E-state index contributed by atoms with van der Waals surface area (Å²) in [5, 5.41) is 18.1. The minimum Gasteiger partial charge on any atom is -0.478 e. The number of aromatic carboxylic acids is 2. The number of carboxylic acid groups (broad SMARTS) is 2. The first-order valence-corrected chi connectivity index (χ1v) is 5.31. The summed E-state index contributed by atoms with van der Waals surface area (Å²) in [6, 6.07) is 4.30. The summed E-state index contributed by atoms with van der Waals surface area (Å²) in [4.78, 5) is 22.2. The molecule has 0 aromatic heterocycles. The molecule has 0 fully saturated rings. The van der Waals surface area contributed by atoms with Crippen molar-refractivity contribution < 1.29 is 24.5 Å². The van der Waals surface area contributed by atoms with E-state index in [-0.39, 0.29) is 17.7 Å². The highest BCUT2D eigenvalue weighted by Crippen LogP contribution is 2.24. The molecule has 1 aromatic carbocycles. The zero-order valence-electron chi connectivity index (χ0n) is 9.92. The van der Waals surface area contributed by atoms with E-state index >= 15 is 0 Å². The molecule has 1 aromatic rings. The molecule has 5 heteroatoms. The van der Waals surface area contributed by atoms with Gasteiger partial charge in [0.2, 0.25) is 0 Å². The van der Waals surface area contributed by atoms with E-state index in [9.17, 15) is 9.59 Å². The van der Waals surface area contributed by atoms with Crippen LogP contribution in [0.3, 0.4) is 0 Å². The van der Waals surface area contributed by atoms with Crippen LogP contribution in [0.15, 0.2) is 30.9 Å². The maximum absolute atomic E-state index is 11.2. The summed E-state index contributed by atoms with van der Waals surface area (Å²) < 4.78 is 5.33. The van der Waals surface area contributed by atoms with Crippen LogP contribution in [0.25, 0.3) is 0 Å². The Bertz CT molecular complexity index is 478. The van der Waals surface area contributed by atoms with Gasteiger partial charge in [-0.25, -0.2) is 9.59 Å². The minimum atomic E-state index is -1.28. The van der Waals surface area contributed by atoms with Crippen molar-refractivity contribution >= 4 is 11.9 Å². The number of benzene rings is 1. The third-order valence-corrected chi connectivity index (χ3v) is 2.44. The molecule has 0 heterocycles. The van der Waals surface area contributed by atoms with Crippen LogP contribution >= 0.6 is 0 Å². The van der Waals surface area contributed by atoms with Crippen LogP contribution in [0.5, 0.6) is 0 Å². The van der Waals surface area contributed by atoms with Gasteiger partial charge in [0.15, 0.2) is 0 Å². The molecule has 0 aliphatic rings. The molecule has 1 rings (SSSR count). The number of ether oxygens (including phenoxy) is 1. The van der Waals surface area contributed by atoms with Gasteiger partial charge in [0, 0.05) is 0 Å². The molecular formula is C13H14O5. The fourth-order valence-electron chi connectivity index (χ4n) is 1.63. The normalized spacial score (nSPS) is 11.8. The van der Waals surface area contributed by atoms with Crippen molar-refractivity contribution in [2.24, 2.45) is 0 Å². The predicted octanol–water partition coefficient (Wildman–Crippen LogP) is 2.35. The molecule has 1 atom stereocenters. The molecular weight excluding hydrogens is 236 g/mol. The van der Waals surface area contributed by atoms with Gasteiger partial charge in [0.05, 0.1) is 23.8 Å². The Labute approximate surface area is 104 Å². The Kier molecular flexibility index (Phi) is 4.62. The molecule has 18 heavy (non-hydrogen) atoms. The van der Waals surface area contributed by atoms with Crippen molar-refractivity contribution in [3.63, 3.8) is 0 Å². The SMILES string of the molecule is C=CCOC(C)c1cccc(C(=O)O)c1C(=O)O. The molecule has 0 radical (unpaired) electrons. The smallest absolute Gasteiger partial charge is 0.336 e. The molecule has 0 saturated carbocycles. The van der Waals surface area contributed by atoms with Crippen LogP contribution in [0, 0.1) is 0 Å². The van der Waals surface area contributed by atoms with Crippen molar-refractivity contribution in [1.29, 1.82) is 0 Å². The van der Waals surface area contributed by atoms with E-state index in [1.807, 2.05) is 0 Å². The molecule has 96 valence electrons. The second kappa shape index (κ2) is 5.97. The standard InChI is InChI=1S/C13H14O5/c1-3-7-18-8(2)9-5-4-6-10(12(14)15)11(9)13(16)17/h3-6,8H,1,7H2,2H3,(H,14,15)(H,16,17). The topological polar surface area (TPSA) is 83.8 Å². The summed E-state index contributed by atoms with van der Waals surface area (Å²) >= 11 is 0. The van der Waals surface area contributed by atoms with E-state index in [4.69, 9.17) is 14.9 Å². The van der Waals surface area contributed by atoms with E-state index in [0.29, 0.717) is 5.56 Å². The summed E-state index contributed by atoms with van der Waals surface area (Å²) in [6.07, 6.45) is 1.02. The van der Waals surface area contributed by atoms with Gasteiger partial charge in [-0.05, 0) is 18.6 Å². The highest BCUT2D eigenvalue weighted by atomic mass is 16.5. The van der Waals surface area contributed by atoms with Crippen LogP contribution in [0.2, 0.25) is 0 Å². The minimum absolute atomic E-state index is 0.235. The Balaban J connectivity index is 3.26. The Morgan fingerprint density at radius 3 is 2.56 bits per heavy atom. The van der Waals surface area contributed by atoms with Crippen molar-refractivity contribution in [3.8, 4) is 0 Å². The number of carbonyl (C=O) groups is 2. The fraction of sp³-hybridized carbons (Fsp3) is 0.231. The monoisotopic (exact) mass is 250 g/mol. The average molecular weight is 250 g/mol. The van der Waals surface area contributed by atoms with Gasteiger partial charge < -0.3 is 14.9 Å². The van der Waals surface area contributed by atoms with Crippen molar-refractivity contribution in [2.45, 2.75) is 13.0 Å². The summed E-state index contributed by atoms with van der Waals surface area (Å²) in [5.41, 5.74) is -0.139. The number of carboxylic acids is 2. The van der Waals surface area contributed by atoms with Crippen LogP contribution in [0.4, 0.5) is 0 Å². The molecule has 2 N–H and O–H groups in total. The third kappa shape index (κ3) is 2.95. The second-order valence-electron chi connectivity index (χ2n) is 3.64. The first kappa shape index (κ1) is 13.9. The number of hydrogen-bond donors (Lipinski definition) is 2. The lowest BCUT2D eigenvalue weighted by Crippen LogP contribution is -2.14. The van der Waals surface area contributed by atoms with Gasteiger partial charge in [-0.2, -0.15) is 0 Å². The Morgan fingerprint density at radius 1 is 1.39 bits per heavy atom. The van der Waals surface area contributed by atoms with Gasteiger partial charge >= 0.3 is 11.9 Å². The third-order valence-electron chi connectivity index (χ3n) is 2.44.